The smallest absolute Gasteiger partial charge is 0.275 e. The Kier molecular flexibility index (Phi) is 9.71. The van der Waals surface area contributed by atoms with E-state index in [1.54, 1.807) is 10.9 Å². The molecule has 0 radical (unpaired) electrons. The fraction of sp³-hybridized carbons (Fsp3) is 0.600. The van der Waals surface area contributed by atoms with E-state index in [9.17, 15) is 4.79 Å². The van der Waals surface area contributed by atoms with Gasteiger partial charge in [-0.2, -0.15) is 0 Å². The second-order valence-corrected chi connectivity index (χ2v) is 9.19. The van der Waals surface area contributed by atoms with Gasteiger partial charge in [-0.05, 0) is 36.5 Å². The zero-order valence-corrected chi connectivity index (χ0v) is 18.5. The summed E-state index contributed by atoms with van der Waals surface area (Å²) in [7, 11) is 0. The van der Waals surface area contributed by atoms with Crippen LogP contribution in [-0.2, 0) is 0 Å². The predicted octanol–water partition coefficient (Wildman–Crippen LogP) is 7.95. The Bertz CT molecular complexity index is 680. The predicted molar refractivity (Wildman–Crippen MR) is 124 cm³/mol. The number of carbonyl (C=O) groups is 1. The highest BCUT2D eigenvalue weighted by atomic mass is 32.1. The Labute approximate surface area is 180 Å². The van der Waals surface area contributed by atoms with Crippen LogP contribution in [0, 0.1) is 0 Å². The van der Waals surface area contributed by atoms with Gasteiger partial charge in [0.05, 0.1) is 5.51 Å². The number of thiazole rings is 1. The molecule has 0 atom stereocenters. The largest absolute Gasteiger partial charge is 0.321 e. The summed E-state index contributed by atoms with van der Waals surface area (Å²) in [4.78, 5) is 16.3. The fourth-order valence-electron chi connectivity index (χ4n) is 4.39. The molecule has 3 nitrogen and oxygen atoms in total. The number of carbonyl (C=O) groups excluding carboxylic acids is 1. The summed E-state index contributed by atoms with van der Waals surface area (Å²) in [5.74, 6) is 0.524. The quantitative estimate of drug-likeness (QED) is 0.555. The van der Waals surface area contributed by atoms with E-state index in [0.29, 0.717) is 11.6 Å². The molecule has 4 heteroatoms. The molecule has 0 saturated heterocycles. The van der Waals surface area contributed by atoms with Crippen LogP contribution in [0.25, 0.3) is 0 Å². The van der Waals surface area contributed by atoms with Crippen molar-refractivity contribution in [3.63, 3.8) is 0 Å². The van der Waals surface area contributed by atoms with Crippen LogP contribution in [0.2, 0.25) is 0 Å². The minimum absolute atomic E-state index is 0.132. The summed E-state index contributed by atoms with van der Waals surface area (Å²) in [5, 5.41) is 4.73. The number of hydrogen-bond acceptors (Lipinski definition) is 3. The van der Waals surface area contributed by atoms with E-state index < -0.39 is 0 Å². The summed E-state index contributed by atoms with van der Waals surface area (Å²) >= 11 is 1.44. The SMILES string of the molecule is O=C(Nc1ccc(C2CCCCCCCCCCCCCC2)cc1)c1cscn1. The molecule has 0 spiro atoms. The van der Waals surface area contributed by atoms with Gasteiger partial charge in [-0.25, -0.2) is 4.98 Å². The van der Waals surface area contributed by atoms with Gasteiger partial charge < -0.3 is 5.32 Å². The van der Waals surface area contributed by atoms with E-state index in [-0.39, 0.29) is 5.91 Å². The molecule has 29 heavy (non-hydrogen) atoms. The number of nitrogens with one attached hydrogen (secondary N) is 1. The first kappa shape index (κ1) is 22.0. The highest BCUT2D eigenvalue weighted by molar-refractivity contribution is 7.07. The highest BCUT2D eigenvalue weighted by Crippen LogP contribution is 2.30. The number of aromatic nitrogens is 1. The van der Waals surface area contributed by atoms with E-state index in [4.69, 9.17) is 0 Å². The van der Waals surface area contributed by atoms with Crippen LogP contribution in [0.3, 0.4) is 0 Å². The Balaban J connectivity index is 1.55. The molecule has 2 aromatic rings. The summed E-state index contributed by atoms with van der Waals surface area (Å²) in [5.41, 5.74) is 4.46. The number of anilines is 1. The molecule has 0 unspecified atom stereocenters. The molecule has 1 aliphatic carbocycles. The topological polar surface area (TPSA) is 42.0 Å². The van der Waals surface area contributed by atoms with Crippen molar-refractivity contribution in [1.29, 1.82) is 0 Å². The Morgan fingerprint density at radius 1 is 0.793 bits per heavy atom. The van der Waals surface area contributed by atoms with Gasteiger partial charge in [0.2, 0.25) is 0 Å². The number of nitrogens with zero attached hydrogens (tertiary/aromatic N) is 1. The maximum Gasteiger partial charge on any atom is 0.275 e. The van der Waals surface area contributed by atoms with Gasteiger partial charge in [-0.1, -0.05) is 89.2 Å². The van der Waals surface area contributed by atoms with Crippen LogP contribution in [0.15, 0.2) is 35.2 Å². The van der Waals surface area contributed by atoms with Gasteiger partial charge in [0.15, 0.2) is 0 Å². The lowest BCUT2D eigenvalue weighted by Crippen LogP contribution is -2.12. The third kappa shape index (κ3) is 7.93. The van der Waals surface area contributed by atoms with Crippen LogP contribution >= 0.6 is 11.3 Å². The van der Waals surface area contributed by atoms with Crippen molar-refractivity contribution in [1.82, 2.24) is 4.98 Å². The summed E-state index contributed by atoms with van der Waals surface area (Å²) < 4.78 is 0. The molecule has 1 amide bonds. The lowest BCUT2D eigenvalue weighted by molar-refractivity contribution is 0.102. The molecule has 1 fully saturated rings. The minimum Gasteiger partial charge on any atom is -0.321 e. The third-order valence-corrected chi connectivity index (χ3v) is 6.75. The molecule has 0 bridgehead atoms. The first-order valence-electron chi connectivity index (χ1n) is 11.6. The first-order chi connectivity index (χ1) is 14.3. The molecule has 1 N–H and O–H groups in total. The molecule has 0 aliphatic heterocycles. The van der Waals surface area contributed by atoms with E-state index in [0.717, 1.165) is 5.69 Å². The molecule has 3 rings (SSSR count). The Morgan fingerprint density at radius 2 is 1.31 bits per heavy atom. The maximum atomic E-state index is 12.2. The van der Waals surface area contributed by atoms with E-state index in [1.807, 2.05) is 0 Å². The van der Waals surface area contributed by atoms with Crippen molar-refractivity contribution in [2.24, 2.45) is 0 Å². The second-order valence-electron chi connectivity index (χ2n) is 8.47. The lowest BCUT2D eigenvalue weighted by Gasteiger charge is -2.18. The summed E-state index contributed by atoms with van der Waals surface area (Å²) in [6.07, 6.45) is 19.4. The average molecular weight is 413 g/mol. The van der Waals surface area contributed by atoms with Gasteiger partial charge in [0.25, 0.3) is 5.91 Å². The standard InChI is InChI=1S/C25H36N2OS/c28-25(24-19-29-20-26-24)27-23-17-15-22(16-18-23)21-13-11-9-7-5-3-1-2-4-6-8-10-12-14-21/h15-21H,1-14H2,(H,27,28). The van der Waals surface area contributed by atoms with Gasteiger partial charge in [-0.15, -0.1) is 11.3 Å². The third-order valence-electron chi connectivity index (χ3n) is 6.16. The van der Waals surface area contributed by atoms with E-state index in [1.165, 1.54) is 107 Å². The van der Waals surface area contributed by atoms with Crippen LogP contribution in [0.5, 0.6) is 0 Å². The summed E-state index contributed by atoms with van der Waals surface area (Å²) in [6.45, 7) is 0. The van der Waals surface area contributed by atoms with Crippen LogP contribution < -0.4 is 5.32 Å². The fourth-order valence-corrected chi connectivity index (χ4v) is 4.92. The van der Waals surface area contributed by atoms with E-state index in [2.05, 4.69) is 34.6 Å². The lowest BCUT2D eigenvalue weighted by atomic mass is 9.88. The van der Waals surface area contributed by atoms with Crippen molar-refractivity contribution in [2.45, 2.75) is 95.8 Å². The van der Waals surface area contributed by atoms with Crippen molar-refractivity contribution >= 4 is 22.9 Å². The van der Waals surface area contributed by atoms with Crippen LogP contribution in [-0.4, -0.2) is 10.9 Å². The number of rotatable bonds is 3. The molecule has 1 aromatic carbocycles. The molecule has 1 saturated carbocycles. The summed E-state index contributed by atoms with van der Waals surface area (Å²) in [6, 6.07) is 8.54. The molecule has 158 valence electrons. The highest BCUT2D eigenvalue weighted by Gasteiger charge is 2.13. The Morgan fingerprint density at radius 3 is 1.79 bits per heavy atom. The van der Waals surface area contributed by atoms with Gasteiger partial charge in [0, 0.05) is 11.1 Å². The number of hydrogen-bond donors (Lipinski definition) is 1. The van der Waals surface area contributed by atoms with Gasteiger partial charge in [-0.3, -0.25) is 4.79 Å². The normalized spacial score (nSPS) is 18.5. The van der Waals surface area contributed by atoms with Crippen molar-refractivity contribution < 1.29 is 4.79 Å². The van der Waals surface area contributed by atoms with Crippen molar-refractivity contribution in [3.8, 4) is 0 Å². The zero-order valence-electron chi connectivity index (χ0n) is 17.7. The maximum absolute atomic E-state index is 12.2. The van der Waals surface area contributed by atoms with Crippen LogP contribution in [0.4, 0.5) is 5.69 Å². The molecule has 1 aromatic heterocycles. The monoisotopic (exact) mass is 412 g/mol. The van der Waals surface area contributed by atoms with Crippen molar-refractivity contribution in [2.75, 3.05) is 5.32 Å². The van der Waals surface area contributed by atoms with Gasteiger partial charge in [0.1, 0.15) is 5.69 Å². The zero-order chi connectivity index (χ0) is 20.2. The first-order valence-corrected chi connectivity index (χ1v) is 12.6. The second kappa shape index (κ2) is 12.8. The molecule has 1 heterocycles. The average Bonchev–Trinajstić information content (AvgIpc) is 3.27. The molecular formula is C25H36N2OS. The number of benzene rings is 1. The minimum atomic E-state index is -0.132. The van der Waals surface area contributed by atoms with Crippen molar-refractivity contribution in [3.05, 3.63) is 46.4 Å². The van der Waals surface area contributed by atoms with Gasteiger partial charge >= 0.3 is 0 Å². The number of amides is 1. The molecular weight excluding hydrogens is 376 g/mol. The molecule has 1 aliphatic rings. The van der Waals surface area contributed by atoms with E-state index >= 15 is 0 Å². The van der Waals surface area contributed by atoms with Crippen LogP contribution in [0.1, 0.15) is 112 Å². The Hall–Kier alpha value is -1.68.